The van der Waals surface area contributed by atoms with Gasteiger partial charge in [0.2, 0.25) is 5.91 Å². The first-order valence-corrected chi connectivity index (χ1v) is 9.31. The predicted octanol–water partition coefficient (Wildman–Crippen LogP) is 1.23. The summed E-state index contributed by atoms with van der Waals surface area (Å²) in [5, 5.41) is 7.19. The fourth-order valence-electron chi connectivity index (χ4n) is 4.61. The Morgan fingerprint density at radius 3 is 3.04 bits per heavy atom. The van der Waals surface area contributed by atoms with Gasteiger partial charge in [-0.05, 0) is 57.2 Å². The number of fused-ring (bicyclic) bond motifs is 1. The Morgan fingerprint density at radius 2 is 2.25 bits per heavy atom. The Labute approximate surface area is 143 Å². The molecule has 3 heterocycles. The molecule has 1 aromatic rings. The second-order valence-electron chi connectivity index (χ2n) is 7.56. The first-order chi connectivity index (χ1) is 11.7. The lowest BCUT2D eigenvalue weighted by Gasteiger charge is -2.32. The maximum Gasteiger partial charge on any atom is 0.226 e. The monoisotopic (exact) mass is 332 g/mol. The minimum absolute atomic E-state index is 0.104. The van der Waals surface area contributed by atoms with E-state index in [1.54, 1.807) is 7.11 Å². The fourth-order valence-corrected chi connectivity index (χ4v) is 4.61. The van der Waals surface area contributed by atoms with Gasteiger partial charge in [0, 0.05) is 37.9 Å². The number of H-pyrrole nitrogens is 1. The van der Waals surface area contributed by atoms with E-state index in [-0.39, 0.29) is 12.0 Å². The van der Waals surface area contributed by atoms with E-state index in [1.165, 1.54) is 37.2 Å². The summed E-state index contributed by atoms with van der Waals surface area (Å²) in [4.78, 5) is 17.8. The highest BCUT2D eigenvalue weighted by atomic mass is 16.5. The molecule has 1 aromatic heterocycles. The number of hydrogen-bond acceptors (Lipinski definition) is 4. The average Bonchev–Trinajstić information content (AvgIpc) is 3.34. The van der Waals surface area contributed by atoms with E-state index in [0.29, 0.717) is 11.9 Å². The molecule has 6 nitrogen and oxygen atoms in total. The maximum absolute atomic E-state index is 13.2. The molecule has 1 unspecified atom stereocenters. The van der Waals surface area contributed by atoms with Crippen molar-refractivity contribution in [1.82, 2.24) is 20.0 Å². The van der Waals surface area contributed by atoms with Crippen molar-refractivity contribution in [3.8, 4) is 0 Å². The maximum atomic E-state index is 13.2. The Morgan fingerprint density at radius 1 is 1.42 bits per heavy atom. The van der Waals surface area contributed by atoms with Crippen LogP contribution in [0.1, 0.15) is 36.9 Å². The highest BCUT2D eigenvalue weighted by Crippen LogP contribution is 2.29. The number of rotatable bonds is 4. The van der Waals surface area contributed by atoms with Crippen LogP contribution in [0.4, 0.5) is 0 Å². The van der Waals surface area contributed by atoms with Gasteiger partial charge in [0.25, 0.3) is 0 Å². The molecule has 0 bridgehead atoms. The number of nitrogens with one attached hydrogen (secondary N) is 1. The number of ether oxygens (including phenoxy) is 1. The molecular formula is C18H28N4O2. The number of carbonyl (C=O) groups is 1. The molecule has 6 heteroatoms. The second-order valence-corrected chi connectivity index (χ2v) is 7.56. The molecule has 2 saturated heterocycles. The van der Waals surface area contributed by atoms with Crippen LogP contribution < -0.4 is 0 Å². The summed E-state index contributed by atoms with van der Waals surface area (Å²) in [5.41, 5.74) is 2.43. The third-order valence-electron chi connectivity index (χ3n) is 6.03. The minimum atomic E-state index is 0.104. The average molecular weight is 332 g/mol. The molecule has 0 radical (unpaired) electrons. The zero-order valence-electron chi connectivity index (χ0n) is 14.5. The molecule has 1 aliphatic carbocycles. The SMILES string of the molecule is CO[C@H]1C[C@@H](CN2CCCC2)N(C(=O)C2CCc3[nH]ncc3C2)C1. The summed E-state index contributed by atoms with van der Waals surface area (Å²) in [6, 6.07) is 0.311. The van der Waals surface area contributed by atoms with Crippen molar-refractivity contribution in [3.63, 3.8) is 0 Å². The summed E-state index contributed by atoms with van der Waals surface area (Å²) < 4.78 is 5.59. The van der Waals surface area contributed by atoms with Crippen LogP contribution in [0.5, 0.6) is 0 Å². The van der Waals surface area contributed by atoms with Crippen LogP contribution in [0.2, 0.25) is 0 Å². The van der Waals surface area contributed by atoms with Crippen molar-refractivity contribution in [3.05, 3.63) is 17.5 Å². The smallest absolute Gasteiger partial charge is 0.226 e. The van der Waals surface area contributed by atoms with Gasteiger partial charge in [0.1, 0.15) is 0 Å². The first-order valence-electron chi connectivity index (χ1n) is 9.31. The van der Waals surface area contributed by atoms with Crippen LogP contribution in [0, 0.1) is 5.92 Å². The van der Waals surface area contributed by atoms with Gasteiger partial charge in [-0.25, -0.2) is 0 Å². The normalized spacial score (nSPS) is 30.7. The minimum Gasteiger partial charge on any atom is -0.380 e. The summed E-state index contributed by atoms with van der Waals surface area (Å²) in [7, 11) is 1.77. The first kappa shape index (κ1) is 16.1. The number of aromatic amines is 1. The van der Waals surface area contributed by atoms with Crippen molar-refractivity contribution in [2.24, 2.45) is 5.92 Å². The van der Waals surface area contributed by atoms with Gasteiger partial charge in [-0.1, -0.05) is 0 Å². The molecule has 24 heavy (non-hydrogen) atoms. The zero-order chi connectivity index (χ0) is 16.5. The van der Waals surface area contributed by atoms with E-state index in [1.807, 2.05) is 6.20 Å². The number of aromatic nitrogens is 2. The van der Waals surface area contributed by atoms with E-state index in [0.717, 1.165) is 38.8 Å². The topological polar surface area (TPSA) is 61.5 Å². The van der Waals surface area contributed by atoms with Crippen LogP contribution in [0.3, 0.4) is 0 Å². The number of likely N-dealkylation sites (tertiary alicyclic amines) is 2. The molecule has 1 N–H and O–H groups in total. The van der Waals surface area contributed by atoms with Gasteiger partial charge in [0.15, 0.2) is 0 Å². The summed E-state index contributed by atoms with van der Waals surface area (Å²) in [6.45, 7) is 4.12. The Hall–Kier alpha value is -1.40. The van der Waals surface area contributed by atoms with E-state index in [9.17, 15) is 4.79 Å². The number of methoxy groups -OCH3 is 1. The summed E-state index contributed by atoms with van der Waals surface area (Å²) in [5.74, 6) is 0.428. The quantitative estimate of drug-likeness (QED) is 0.901. The third kappa shape index (κ3) is 3.09. The number of carbonyl (C=O) groups excluding carboxylic acids is 1. The number of nitrogens with zero attached hydrogens (tertiary/aromatic N) is 3. The number of aryl methyl sites for hydroxylation is 1. The molecule has 1 amide bonds. The molecule has 4 rings (SSSR count). The lowest BCUT2D eigenvalue weighted by molar-refractivity contribution is -0.137. The molecule has 0 saturated carbocycles. The molecule has 2 aliphatic heterocycles. The van der Waals surface area contributed by atoms with Crippen LogP contribution in [0.15, 0.2) is 6.20 Å². The largest absolute Gasteiger partial charge is 0.380 e. The van der Waals surface area contributed by atoms with Crippen LogP contribution in [-0.2, 0) is 22.4 Å². The highest BCUT2D eigenvalue weighted by molar-refractivity contribution is 5.80. The van der Waals surface area contributed by atoms with E-state index in [4.69, 9.17) is 4.74 Å². The van der Waals surface area contributed by atoms with Gasteiger partial charge in [-0.15, -0.1) is 0 Å². The van der Waals surface area contributed by atoms with Gasteiger partial charge >= 0.3 is 0 Å². The van der Waals surface area contributed by atoms with Gasteiger partial charge < -0.3 is 14.5 Å². The van der Waals surface area contributed by atoms with Gasteiger partial charge in [-0.2, -0.15) is 5.10 Å². The predicted molar refractivity (Wildman–Crippen MR) is 90.7 cm³/mol. The molecule has 3 atom stereocenters. The highest BCUT2D eigenvalue weighted by Gasteiger charge is 2.39. The van der Waals surface area contributed by atoms with E-state index in [2.05, 4.69) is 20.0 Å². The van der Waals surface area contributed by atoms with Crippen molar-refractivity contribution in [2.75, 3.05) is 33.3 Å². The molecule has 2 fully saturated rings. The van der Waals surface area contributed by atoms with Crippen molar-refractivity contribution in [1.29, 1.82) is 0 Å². The lowest BCUT2D eigenvalue weighted by atomic mass is 9.86. The van der Waals surface area contributed by atoms with Crippen LogP contribution >= 0.6 is 0 Å². The Bertz CT molecular complexity index is 581. The van der Waals surface area contributed by atoms with Gasteiger partial charge in [0.05, 0.1) is 12.3 Å². The zero-order valence-corrected chi connectivity index (χ0v) is 14.5. The van der Waals surface area contributed by atoms with Gasteiger partial charge in [-0.3, -0.25) is 9.89 Å². The van der Waals surface area contributed by atoms with Crippen LogP contribution in [-0.4, -0.2) is 71.3 Å². The molecule has 132 valence electrons. The third-order valence-corrected chi connectivity index (χ3v) is 6.03. The molecule has 0 aromatic carbocycles. The summed E-state index contributed by atoms with van der Waals surface area (Å²) in [6.07, 6.45) is 8.33. The number of amides is 1. The summed E-state index contributed by atoms with van der Waals surface area (Å²) >= 11 is 0. The van der Waals surface area contributed by atoms with Crippen LogP contribution in [0.25, 0.3) is 0 Å². The second kappa shape index (κ2) is 6.84. The molecule has 0 spiro atoms. The van der Waals surface area contributed by atoms with Crippen molar-refractivity contribution in [2.45, 2.75) is 50.7 Å². The number of hydrogen-bond donors (Lipinski definition) is 1. The van der Waals surface area contributed by atoms with E-state index < -0.39 is 0 Å². The van der Waals surface area contributed by atoms with Crippen molar-refractivity contribution < 1.29 is 9.53 Å². The lowest BCUT2D eigenvalue weighted by Crippen LogP contribution is -2.46. The fraction of sp³-hybridized carbons (Fsp3) is 0.778. The van der Waals surface area contributed by atoms with Crippen molar-refractivity contribution >= 4 is 5.91 Å². The standard InChI is InChI=1S/C18H28N4O2/c1-24-16-9-15(11-21-6-2-3-7-21)22(12-16)18(23)13-4-5-17-14(8-13)10-19-20-17/h10,13,15-16H,2-9,11-12H2,1H3,(H,19,20)/t13?,15-,16-/m0/s1. The Kier molecular flexibility index (Phi) is 4.59. The molecular weight excluding hydrogens is 304 g/mol. The Balaban J connectivity index is 1.44. The molecule has 3 aliphatic rings. The van der Waals surface area contributed by atoms with E-state index >= 15 is 0 Å².